The van der Waals surface area contributed by atoms with Crippen molar-refractivity contribution in [1.29, 1.82) is 0 Å². The quantitative estimate of drug-likeness (QED) is 0.741. The van der Waals surface area contributed by atoms with Crippen LogP contribution in [-0.2, 0) is 24.3 Å². The van der Waals surface area contributed by atoms with Gasteiger partial charge < -0.3 is 15.2 Å². The number of ether oxygens (including phenoxy) is 1. The first-order chi connectivity index (χ1) is 6.81. The number of nitrogens with one attached hydrogen (secondary N) is 1. The second kappa shape index (κ2) is 3.98. The summed E-state index contributed by atoms with van der Waals surface area (Å²) in [5.41, 5.74) is 3.40. The van der Waals surface area contributed by atoms with Crippen molar-refractivity contribution in [2.75, 3.05) is 13.7 Å². The molecule has 0 bridgehead atoms. The van der Waals surface area contributed by atoms with Crippen molar-refractivity contribution in [3.05, 3.63) is 28.8 Å². The average molecular weight is 193 g/mol. The molecule has 0 unspecified atom stereocenters. The highest BCUT2D eigenvalue weighted by molar-refractivity contribution is 5.42. The average Bonchev–Trinajstić information content (AvgIpc) is 2.19. The SMILES string of the molecule is COCc1cc2c(cc1O)CCNC2. The molecule has 0 fully saturated rings. The first kappa shape index (κ1) is 9.49. The van der Waals surface area contributed by atoms with Crippen LogP contribution in [-0.4, -0.2) is 18.8 Å². The van der Waals surface area contributed by atoms with E-state index in [0.29, 0.717) is 12.4 Å². The molecule has 1 heterocycles. The van der Waals surface area contributed by atoms with E-state index in [4.69, 9.17) is 4.74 Å². The Morgan fingerprint density at radius 1 is 1.43 bits per heavy atom. The number of fused-ring (bicyclic) bond motifs is 1. The Kier molecular flexibility index (Phi) is 2.70. The summed E-state index contributed by atoms with van der Waals surface area (Å²) in [4.78, 5) is 0. The molecule has 3 heteroatoms. The third-order valence-electron chi connectivity index (χ3n) is 2.59. The van der Waals surface area contributed by atoms with E-state index in [1.165, 1.54) is 11.1 Å². The minimum absolute atomic E-state index is 0.354. The van der Waals surface area contributed by atoms with Gasteiger partial charge in [-0.3, -0.25) is 0 Å². The van der Waals surface area contributed by atoms with E-state index in [9.17, 15) is 5.11 Å². The zero-order valence-corrected chi connectivity index (χ0v) is 8.34. The van der Waals surface area contributed by atoms with Gasteiger partial charge in [-0.1, -0.05) is 0 Å². The number of aromatic hydroxyl groups is 1. The largest absolute Gasteiger partial charge is 0.508 e. The fraction of sp³-hybridized carbons (Fsp3) is 0.455. The molecule has 0 radical (unpaired) electrons. The number of phenolic OH excluding ortho intramolecular Hbond substituents is 1. The van der Waals surface area contributed by atoms with Gasteiger partial charge in [0.15, 0.2) is 0 Å². The van der Waals surface area contributed by atoms with Crippen LogP contribution < -0.4 is 5.32 Å². The highest BCUT2D eigenvalue weighted by Gasteiger charge is 2.12. The fourth-order valence-electron chi connectivity index (χ4n) is 1.84. The van der Waals surface area contributed by atoms with Crippen molar-refractivity contribution in [1.82, 2.24) is 5.32 Å². The van der Waals surface area contributed by atoms with Crippen LogP contribution in [0.1, 0.15) is 16.7 Å². The van der Waals surface area contributed by atoms with E-state index >= 15 is 0 Å². The maximum atomic E-state index is 9.70. The summed E-state index contributed by atoms with van der Waals surface area (Å²) in [6.07, 6.45) is 0.996. The second-order valence-corrected chi connectivity index (χ2v) is 3.61. The third kappa shape index (κ3) is 1.74. The molecule has 1 aromatic carbocycles. The molecule has 0 amide bonds. The van der Waals surface area contributed by atoms with Gasteiger partial charge in [0.1, 0.15) is 5.75 Å². The van der Waals surface area contributed by atoms with E-state index in [2.05, 4.69) is 5.32 Å². The number of rotatable bonds is 2. The summed E-state index contributed by atoms with van der Waals surface area (Å²) in [6.45, 7) is 2.36. The number of hydrogen-bond donors (Lipinski definition) is 2. The van der Waals surface area contributed by atoms with Gasteiger partial charge in [0.05, 0.1) is 6.61 Å². The molecule has 1 aliphatic heterocycles. The van der Waals surface area contributed by atoms with E-state index in [1.54, 1.807) is 7.11 Å². The molecule has 0 atom stereocenters. The molecular formula is C11H15NO2. The first-order valence-electron chi connectivity index (χ1n) is 4.84. The van der Waals surface area contributed by atoms with Gasteiger partial charge in [0.25, 0.3) is 0 Å². The highest BCUT2D eigenvalue weighted by Crippen LogP contribution is 2.25. The van der Waals surface area contributed by atoms with E-state index < -0.39 is 0 Å². The Labute approximate surface area is 83.7 Å². The van der Waals surface area contributed by atoms with Crippen molar-refractivity contribution in [2.45, 2.75) is 19.6 Å². The Balaban J connectivity index is 2.35. The number of hydrogen-bond acceptors (Lipinski definition) is 3. The van der Waals surface area contributed by atoms with E-state index in [-0.39, 0.29) is 0 Å². The van der Waals surface area contributed by atoms with Crippen LogP contribution in [0.25, 0.3) is 0 Å². The number of methoxy groups -OCH3 is 1. The Bertz CT molecular complexity index is 336. The van der Waals surface area contributed by atoms with Crippen LogP contribution in [0.5, 0.6) is 5.75 Å². The van der Waals surface area contributed by atoms with Gasteiger partial charge >= 0.3 is 0 Å². The lowest BCUT2D eigenvalue weighted by molar-refractivity contribution is 0.182. The zero-order valence-electron chi connectivity index (χ0n) is 8.34. The molecule has 2 N–H and O–H groups in total. The van der Waals surface area contributed by atoms with Crippen molar-refractivity contribution < 1.29 is 9.84 Å². The molecule has 1 aromatic rings. The van der Waals surface area contributed by atoms with Gasteiger partial charge in [0, 0.05) is 19.2 Å². The molecule has 0 aromatic heterocycles. The number of phenols is 1. The highest BCUT2D eigenvalue weighted by atomic mass is 16.5. The molecule has 0 saturated carbocycles. The predicted molar refractivity (Wildman–Crippen MR) is 54.2 cm³/mol. The van der Waals surface area contributed by atoms with E-state index in [1.807, 2.05) is 12.1 Å². The predicted octanol–water partition coefficient (Wildman–Crippen LogP) is 1.18. The van der Waals surface area contributed by atoms with Crippen LogP contribution >= 0.6 is 0 Å². The van der Waals surface area contributed by atoms with Crippen molar-refractivity contribution >= 4 is 0 Å². The maximum Gasteiger partial charge on any atom is 0.121 e. The summed E-state index contributed by atoms with van der Waals surface area (Å²) in [6, 6.07) is 3.89. The molecule has 76 valence electrons. The normalized spacial score (nSPS) is 15.2. The third-order valence-corrected chi connectivity index (χ3v) is 2.59. The van der Waals surface area contributed by atoms with Crippen LogP contribution in [0.3, 0.4) is 0 Å². The molecule has 2 rings (SSSR count). The van der Waals surface area contributed by atoms with Crippen LogP contribution in [0.4, 0.5) is 0 Å². The van der Waals surface area contributed by atoms with E-state index in [0.717, 1.165) is 25.1 Å². The summed E-state index contributed by atoms with van der Waals surface area (Å²) in [7, 11) is 1.64. The lowest BCUT2D eigenvalue weighted by atomic mass is 9.98. The summed E-state index contributed by atoms with van der Waals surface area (Å²) < 4.78 is 5.02. The van der Waals surface area contributed by atoms with Crippen LogP contribution in [0.15, 0.2) is 12.1 Å². The Morgan fingerprint density at radius 2 is 2.29 bits per heavy atom. The van der Waals surface area contributed by atoms with Gasteiger partial charge in [-0.05, 0) is 36.2 Å². The summed E-state index contributed by atoms with van der Waals surface area (Å²) >= 11 is 0. The molecule has 14 heavy (non-hydrogen) atoms. The molecule has 0 aliphatic carbocycles. The summed E-state index contributed by atoms with van der Waals surface area (Å²) in [5.74, 6) is 0.354. The van der Waals surface area contributed by atoms with Crippen molar-refractivity contribution in [3.63, 3.8) is 0 Å². The summed E-state index contributed by atoms with van der Waals surface area (Å²) in [5, 5.41) is 13.0. The maximum absolute atomic E-state index is 9.70. The topological polar surface area (TPSA) is 41.5 Å². The van der Waals surface area contributed by atoms with Gasteiger partial charge in [-0.2, -0.15) is 0 Å². The Hall–Kier alpha value is -1.06. The van der Waals surface area contributed by atoms with Crippen molar-refractivity contribution in [2.24, 2.45) is 0 Å². The lowest BCUT2D eigenvalue weighted by Gasteiger charge is -2.18. The first-order valence-corrected chi connectivity index (χ1v) is 4.84. The van der Waals surface area contributed by atoms with Crippen LogP contribution in [0.2, 0.25) is 0 Å². The lowest BCUT2D eigenvalue weighted by Crippen LogP contribution is -2.23. The van der Waals surface area contributed by atoms with Crippen molar-refractivity contribution in [3.8, 4) is 5.75 Å². The fourth-order valence-corrected chi connectivity index (χ4v) is 1.84. The van der Waals surface area contributed by atoms with Gasteiger partial charge in [-0.15, -0.1) is 0 Å². The smallest absolute Gasteiger partial charge is 0.121 e. The number of benzene rings is 1. The zero-order chi connectivity index (χ0) is 9.97. The van der Waals surface area contributed by atoms with Crippen LogP contribution in [0, 0.1) is 0 Å². The van der Waals surface area contributed by atoms with Gasteiger partial charge in [0.2, 0.25) is 0 Å². The minimum Gasteiger partial charge on any atom is -0.508 e. The second-order valence-electron chi connectivity index (χ2n) is 3.61. The standard InChI is InChI=1S/C11H15NO2/c1-14-7-10-4-9-6-12-3-2-8(9)5-11(10)13/h4-5,12-13H,2-3,6-7H2,1H3. The molecule has 0 spiro atoms. The minimum atomic E-state index is 0.354. The Morgan fingerprint density at radius 3 is 3.07 bits per heavy atom. The molecule has 3 nitrogen and oxygen atoms in total. The molecular weight excluding hydrogens is 178 g/mol. The van der Waals surface area contributed by atoms with Gasteiger partial charge in [-0.25, -0.2) is 0 Å². The molecule has 1 aliphatic rings. The monoisotopic (exact) mass is 193 g/mol. The molecule has 0 saturated heterocycles.